The average Bonchev–Trinajstić information content (AvgIpc) is 3.04. The molecule has 1 aromatic carbocycles. The van der Waals surface area contributed by atoms with Crippen LogP contribution in [0.15, 0.2) is 41.8 Å². The van der Waals surface area contributed by atoms with Crippen LogP contribution in [0.25, 0.3) is 0 Å². The Morgan fingerprint density at radius 2 is 1.71 bits per heavy atom. The lowest BCUT2D eigenvalue weighted by Gasteiger charge is -2.34. The highest BCUT2D eigenvalue weighted by Gasteiger charge is 2.24. The molecule has 0 amide bonds. The maximum atomic E-state index is 12.3. The Bertz CT molecular complexity index is 578. The third-order valence-corrected chi connectivity index (χ3v) is 4.68. The van der Waals surface area contributed by atoms with E-state index in [-0.39, 0.29) is 36.6 Å². The molecule has 1 aliphatic rings. The van der Waals surface area contributed by atoms with Crippen molar-refractivity contribution in [3.05, 3.63) is 52.2 Å². The molecular weight excluding hydrogens is 377 g/mol. The van der Waals surface area contributed by atoms with Gasteiger partial charge in [-0.15, -0.1) is 36.2 Å². The molecule has 0 radical (unpaired) electrons. The number of nitrogens with zero attached hydrogens (tertiary/aromatic N) is 1. The van der Waals surface area contributed by atoms with Crippen LogP contribution in [0.2, 0.25) is 0 Å². The van der Waals surface area contributed by atoms with Gasteiger partial charge in [-0.1, -0.05) is 18.2 Å². The number of ether oxygens (including phenoxy) is 1. The minimum Gasteiger partial charge on any atom is -0.435 e. The van der Waals surface area contributed by atoms with Crippen LogP contribution in [-0.2, 0) is 0 Å². The Kier molecular flexibility index (Phi) is 8.94. The van der Waals surface area contributed by atoms with E-state index in [1.807, 2.05) is 18.2 Å². The summed E-state index contributed by atoms with van der Waals surface area (Å²) in [5.41, 5.74) is 1.10. The molecule has 2 aromatic rings. The number of nitrogens with one attached hydrogen (secondary N) is 1. The number of hydrogen-bond donors (Lipinski definition) is 1. The predicted molar refractivity (Wildman–Crippen MR) is 98.2 cm³/mol. The minimum absolute atomic E-state index is 0. The monoisotopic (exact) mass is 396 g/mol. The molecule has 0 spiro atoms. The van der Waals surface area contributed by atoms with Crippen molar-refractivity contribution in [2.45, 2.75) is 12.7 Å². The molecular formula is C16H20Cl2F2N2OS. The van der Waals surface area contributed by atoms with Gasteiger partial charge in [-0.05, 0) is 29.1 Å². The zero-order chi connectivity index (χ0) is 15.4. The molecule has 1 N–H and O–H groups in total. The summed E-state index contributed by atoms with van der Waals surface area (Å²) in [6.07, 6.45) is 0. The summed E-state index contributed by atoms with van der Waals surface area (Å²) in [5.74, 6) is 0.198. The van der Waals surface area contributed by atoms with Crippen LogP contribution >= 0.6 is 36.2 Å². The van der Waals surface area contributed by atoms with Gasteiger partial charge in [0.2, 0.25) is 0 Å². The first-order chi connectivity index (χ1) is 10.7. The lowest BCUT2D eigenvalue weighted by atomic mass is 10.0. The molecule has 3 rings (SSSR count). The number of piperazine rings is 1. The van der Waals surface area contributed by atoms with E-state index in [9.17, 15) is 8.78 Å². The van der Waals surface area contributed by atoms with Gasteiger partial charge in [-0.25, -0.2) is 0 Å². The number of hydrogen-bond acceptors (Lipinski definition) is 4. The van der Waals surface area contributed by atoms with Crippen LogP contribution < -0.4 is 10.1 Å². The fraction of sp³-hybridized carbons (Fsp3) is 0.375. The van der Waals surface area contributed by atoms with Gasteiger partial charge >= 0.3 is 6.61 Å². The Labute approximate surface area is 156 Å². The van der Waals surface area contributed by atoms with Crippen LogP contribution in [0.1, 0.15) is 16.5 Å². The second-order valence-electron chi connectivity index (χ2n) is 5.15. The molecule has 1 saturated heterocycles. The highest BCUT2D eigenvalue weighted by atomic mass is 35.5. The largest absolute Gasteiger partial charge is 0.435 e. The second-order valence-corrected chi connectivity index (χ2v) is 6.13. The zero-order valence-corrected chi connectivity index (χ0v) is 15.3. The topological polar surface area (TPSA) is 24.5 Å². The summed E-state index contributed by atoms with van der Waals surface area (Å²) in [4.78, 5) is 3.69. The maximum Gasteiger partial charge on any atom is 0.387 e. The second kappa shape index (κ2) is 10.2. The van der Waals surface area contributed by atoms with Gasteiger partial charge in [0.1, 0.15) is 5.75 Å². The van der Waals surface area contributed by atoms with Gasteiger partial charge in [-0.2, -0.15) is 8.78 Å². The van der Waals surface area contributed by atoms with E-state index in [2.05, 4.69) is 26.4 Å². The molecule has 134 valence electrons. The standard InChI is InChI=1S/C16H18F2N2OS.2ClH/c17-16(18)21-13-5-3-12(4-6-13)15(14-2-1-11-22-14)20-9-7-19-8-10-20;;/h1-6,11,15-16,19H,7-10H2;2*1H/t15-;;/m0../s1. The number of halogens is 4. The molecule has 3 nitrogen and oxygen atoms in total. The average molecular weight is 397 g/mol. The van der Waals surface area contributed by atoms with Crippen molar-refractivity contribution in [2.75, 3.05) is 26.2 Å². The van der Waals surface area contributed by atoms with E-state index in [1.54, 1.807) is 23.5 Å². The van der Waals surface area contributed by atoms with E-state index in [0.717, 1.165) is 31.7 Å². The molecule has 0 saturated carbocycles. The van der Waals surface area contributed by atoms with E-state index < -0.39 is 6.61 Å². The molecule has 1 aromatic heterocycles. The fourth-order valence-corrected chi connectivity index (χ4v) is 3.66. The number of thiophene rings is 1. The SMILES string of the molecule is Cl.Cl.FC(F)Oc1ccc([C@@H](c2cccs2)N2CCNCC2)cc1. The predicted octanol–water partition coefficient (Wildman–Crippen LogP) is 4.19. The highest BCUT2D eigenvalue weighted by Crippen LogP contribution is 2.33. The van der Waals surface area contributed by atoms with Gasteiger partial charge < -0.3 is 10.1 Å². The summed E-state index contributed by atoms with van der Waals surface area (Å²) in [6.45, 7) is 1.09. The number of alkyl halides is 2. The van der Waals surface area contributed by atoms with E-state index >= 15 is 0 Å². The molecule has 8 heteroatoms. The van der Waals surface area contributed by atoms with Gasteiger partial charge in [0.05, 0.1) is 6.04 Å². The van der Waals surface area contributed by atoms with Gasteiger partial charge in [-0.3, -0.25) is 4.90 Å². The summed E-state index contributed by atoms with van der Waals surface area (Å²) in [5, 5.41) is 5.42. The van der Waals surface area contributed by atoms with Crippen LogP contribution in [0.3, 0.4) is 0 Å². The normalized spacial score (nSPS) is 16.1. The molecule has 0 bridgehead atoms. The summed E-state index contributed by atoms with van der Waals surface area (Å²) in [7, 11) is 0. The van der Waals surface area contributed by atoms with Crippen LogP contribution in [0.5, 0.6) is 5.75 Å². The molecule has 0 unspecified atom stereocenters. The fourth-order valence-electron chi connectivity index (χ4n) is 2.77. The number of rotatable bonds is 5. The lowest BCUT2D eigenvalue weighted by Crippen LogP contribution is -2.45. The summed E-state index contributed by atoms with van der Waals surface area (Å²) in [6, 6.07) is 11.3. The van der Waals surface area contributed by atoms with Gasteiger partial charge in [0.15, 0.2) is 0 Å². The van der Waals surface area contributed by atoms with Crippen molar-refractivity contribution in [1.29, 1.82) is 0 Å². The number of benzene rings is 1. The van der Waals surface area contributed by atoms with E-state index in [0.29, 0.717) is 0 Å². The van der Waals surface area contributed by atoms with Crippen LogP contribution in [0.4, 0.5) is 8.78 Å². The first-order valence-corrected chi connectivity index (χ1v) is 8.15. The smallest absolute Gasteiger partial charge is 0.387 e. The Balaban J connectivity index is 0.00000144. The van der Waals surface area contributed by atoms with Crippen molar-refractivity contribution in [3.63, 3.8) is 0 Å². The molecule has 0 aliphatic carbocycles. The third kappa shape index (κ3) is 5.29. The van der Waals surface area contributed by atoms with Crippen molar-refractivity contribution in [1.82, 2.24) is 10.2 Å². The van der Waals surface area contributed by atoms with Gasteiger partial charge in [0, 0.05) is 31.1 Å². The first kappa shape index (κ1) is 21.1. The van der Waals surface area contributed by atoms with Crippen LogP contribution in [0, 0.1) is 0 Å². The molecule has 2 heterocycles. The summed E-state index contributed by atoms with van der Waals surface area (Å²) < 4.78 is 28.9. The van der Waals surface area contributed by atoms with Crippen LogP contribution in [-0.4, -0.2) is 37.7 Å². The van der Waals surface area contributed by atoms with E-state index in [1.165, 1.54) is 4.88 Å². The van der Waals surface area contributed by atoms with Crippen molar-refractivity contribution < 1.29 is 13.5 Å². The molecule has 1 fully saturated rings. The highest BCUT2D eigenvalue weighted by molar-refractivity contribution is 7.10. The lowest BCUT2D eigenvalue weighted by molar-refractivity contribution is -0.0498. The molecule has 1 aliphatic heterocycles. The van der Waals surface area contributed by atoms with Gasteiger partial charge in [0.25, 0.3) is 0 Å². The molecule has 1 atom stereocenters. The van der Waals surface area contributed by atoms with Crippen molar-refractivity contribution >= 4 is 36.2 Å². The third-order valence-electron chi connectivity index (χ3n) is 3.75. The van der Waals surface area contributed by atoms with E-state index in [4.69, 9.17) is 0 Å². The quantitative estimate of drug-likeness (QED) is 0.819. The Hall–Kier alpha value is -0.920. The first-order valence-electron chi connectivity index (χ1n) is 7.27. The van der Waals surface area contributed by atoms with Crippen molar-refractivity contribution in [2.24, 2.45) is 0 Å². The summed E-state index contributed by atoms with van der Waals surface area (Å²) >= 11 is 1.72. The zero-order valence-electron chi connectivity index (χ0n) is 12.9. The molecule has 24 heavy (non-hydrogen) atoms. The maximum absolute atomic E-state index is 12.3. The van der Waals surface area contributed by atoms with Crippen molar-refractivity contribution in [3.8, 4) is 5.75 Å². The minimum atomic E-state index is -2.79. The Morgan fingerprint density at radius 3 is 2.25 bits per heavy atom. The Morgan fingerprint density at radius 1 is 1.04 bits per heavy atom.